The number of hydrogen-bond acceptors (Lipinski definition) is 4. The number of aromatic nitrogens is 2. The van der Waals surface area contributed by atoms with Crippen LogP contribution in [0.1, 0.15) is 38.6 Å². The minimum absolute atomic E-state index is 0.141. The lowest BCUT2D eigenvalue weighted by Gasteiger charge is -2.51. The van der Waals surface area contributed by atoms with Gasteiger partial charge < -0.3 is 18.2 Å². The van der Waals surface area contributed by atoms with E-state index < -0.39 is 13.8 Å². The summed E-state index contributed by atoms with van der Waals surface area (Å²) < 4.78 is 20.7. The average molecular weight is 349 g/mol. The Bertz CT molecular complexity index is 686. The highest BCUT2D eigenvalue weighted by atomic mass is 28.4. The fourth-order valence-corrected chi connectivity index (χ4v) is 8.70. The molecule has 0 radical (unpaired) electrons. The second-order valence-corrected chi connectivity index (χ2v) is 10.2. The molecule has 24 heavy (non-hydrogen) atoms. The molecule has 1 aromatic heterocycles. The zero-order valence-electron chi connectivity index (χ0n) is 15.1. The summed E-state index contributed by atoms with van der Waals surface area (Å²) in [5.74, 6) is 0. The van der Waals surface area contributed by atoms with Gasteiger partial charge in [0, 0.05) is 21.3 Å². The molecule has 2 aromatic rings. The molecule has 0 aliphatic carbocycles. The molecule has 1 saturated heterocycles. The van der Waals surface area contributed by atoms with Crippen molar-refractivity contribution in [2.75, 3.05) is 21.3 Å². The molecule has 3 rings (SSSR count). The van der Waals surface area contributed by atoms with Crippen molar-refractivity contribution in [2.24, 2.45) is 0 Å². The maximum Gasteiger partial charge on any atom is 0.372 e. The number of ether oxygens (including phenoxy) is 1. The second kappa shape index (κ2) is 6.96. The van der Waals surface area contributed by atoms with Crippen molar-refractivity contribution in [1.29, 1.82) is 0 Å². The molecule has 2 unspecified atom stereocenters. The third-order valence-electron chi connectivity index (χ3n) is 5.71. The van der Waals surface area contributed by atoms with Gasteiger partial charge in [0.2, 0.25) is 0 Å². The van der Waals surface area contributed by atoms with Crippen molar-refractivity contribution in [1.82, 2.24) is 9.55 Å². The van der Waals surface area contributed by atoms with Gasteiger partial charge in [-0.1, -0.05) is 31.9 Å². The van der Waals surface area contributed by atoms with Crippen LogP contribution in [-0.4, -0.2) is 44.7 Å². The molecule has 6 heteroatoms. The smallest absolute Gasteiger partial charge is 0.372 e. The predicted molar refractivity (Wildman–Crippen MR) is 97.2 cm³/mol. The molecule has 1 fully saturated rings. The third kappa shape index (κ3) is 2.44. The van der Waals surface area contributed by atoms with E-state index in [1.165, 1.54) is 0 Å². The van der Waals surface area contributed by atoms with E-state index in [9.17, 15) is 0 Å². The van der Waals surface area contributed by atoms with Gasteiger partial charge in [-0.25, -0.2) is 4.98 Å². The maximum absolute atomic E-state index is 6.27. The minimum atomic E-state index is -2.51. The summed E-state index contributed by atoms with van der Waals surface area (Å²) in [4.78, 5) is 4.59. The van der Waals surface area contributed by atoms with Gasteiger partial charge in [0.05, 0.1) is 23.4 Å². The monoisotopic (exact) mass is 348 g/mol. The first kappa shape index (κ1) is 17.6. The van der Waals surface area contributed by atoms with E-state index in [1.807, 2.05) is 19.5 Å². The minimum Gasteiger partial charge on any atom is -0.396 e. The molecule has 0 N–H and O–H groups in total. The lowest BCUT2D eigenvalue weighted by atomic mass is 10.00. The van der Waals surface area contributed by atoms with Crippen molar-refractivity contribution < 1.29 is 13.6 Å². The maximum atomic E-state index is 6.27. The van der Waals surface area contributed by atoms with Crippen molar-refractivity contribution in [3.8, 4) is 0 Å². The van der Waals surface area contributed by atoms with Crippen LogP contribution in [0.15, 0.2) is 30.6 Å². The fraction of sp³-hybridized carbons (Fsp3) is 0.611. The van der Waals surface area contributed by atoms with Crippen LogP contribution in [0.25, 0.3) is 11.0 Å². The summed E-state index contributed by atoms with van der Waals surface area (Å²) in [6.07, 6.45) is 6.12. The predicted octanol–water partition coefficient (Wildman–Crippen LogP) is 3.83. The molecule has 1 aliphatic heterocycles. The molecule has 5 nitrogen and oxygen atoms in total. The molecule has 0 spiro atoms. The van der Waals surface area contributed by atoms with E-state index in [1.54, 1.807) is 14.2 Å². The van der Waals surface area contributed by atoms with Gasteiger partial charge in [0.15, 0.2) is 0 Å². The molecule has 0 saturated carbocycles. The number of fused-ring (bicyclic) bond motifs is 1. The first-order valence-corrected chi connectivity index (χ1v) is 10.8. The highest BCUT2D eigenvalue weighted by Gasteiger charge is 2.63. The molecular weight excluding hydrogens is 320 g/mol. The lowest BCUT2D eigenvalue weighted by Crippen LogP contribution is -2.68. The fourth-order valence-electron chi connectivity index (χ4n) is 4.57. The Labute approximate surface area is 145 Å². The number of imidazole rings is 1. The van der Waals surface area contributed by atoms with Gasteiger partial charge in [-0.2, -0.15) is 0 Å². The number of para-hydroxylation sites is 2. The van der Waals surface area contributed by atoms with Crippen LogP contribution in [0.4, 0.5) is 0 Å². The van der Waals surface area contributed by atoms with Gasteiger partial charge >= 0.3 is 8.56 Å². The lowest BCUT2D eigenvalue weighted by molar-refractivity contribution is -0.0451. The SMILES string of the molecule is CCC(n1cnc2ccccc21)C1(OC)CCCC[Si]1(OC)OC. The molecule has 132 valence electrons. The van der Waals surface area contributed by atoms with Crippen LogP contribution in [0.5, 0.6) is 0 Å². The molecule has 0 bridgehead atoms. The summed E-state index contributed by atoms with van der Waals surface area (Å²) in [5, 5.41) is -0.410. The second-order valence-electron chi connectivity index (χ2n) is 6.53. The van der Waals surface area contributed by atoms with Crippen LogP contribution in [0.2, 0.25) is 6.04 Å². The summed E-state index contributed by atoms with van der Waals surface area (Å²) in [7, 11) is 2.87. The summed E-state index contributed by atoms with van der Waals surface area (Å²) >= 11 is 0. The standard InChI is InChI=1S/C18H28N2O3Si/c1-5-17(20-14-19-15-10-6-7-11-16(15)20)18(21-2)12-8-9-13-24(18,22-3)23-4/h6-7,10-11,14,17H,5,8-9,12-13H2,1-4H3. The van der Waals surface area contributed by atoms with Gasteiger partial charge in [0.25, 0.3) is 0 Å². The van der Waals surface area contributed by atoms with Gasteiger partial charge in [-0.05, 0) is 31.0 Å². The van der Waals surface area contributed by atoms with E-state index in [2.05, 4.69) is 34.7 Å². The molecule has 2 atom stereocenters. The van der Waals surface area contributed by atoms with E-state index in [4.69, 9.17) is 13.6 Å². The number of benzene rings is 1. The summed E-state index contributed by atoms with van der Waals surface area (Å²) in [5.41, 5.74) is 2.15. The van der Waals surface area contributed by atoms with E-state index in [0.717, 1.165) is 42.8 Å². The van der Waals surface area contributed by atoms with Crippen molar-refractivity contribution in [3.63, 3.8) is 0 Å². The third-order valence-corrected chi connectivity index (χ3v) is 10.1. The molecule has 0 amide bonds. The highest BCUT2D eigenvalue weighted by Crippen LogP contribution is 2.48. The van der Waals surface area contributed by atoms with E-state index in [-0.39, 0.29) is 6.04 Å². The number of methoxy groups -OCH3 is 1. The Morgan fingerprint density at radius 2 is 1.96 bits per heavy atom. The van der Waals surface area contributed by atoms with Crippen molar-refractivity contribution in [3.05, 3.63) is 30.6 Å². The van der Waals surface area contributed by atoms with Crippen LogP contribution >= 0.6 is 0 Å². The Morgan fingerprint density at radius 1 is 1.21 bits per heavy atom. The summed E-state index contributed by atoms with van der Waals surface area (Å²) in [6.45, 7) is 2.21. The van der Waals surface area contributed by atoms with Crippen LogP contribution in [0, 0.1) is 0 Å². The Balaban J connectivity index is 2.15. The van der Waals surface area contributed by atoms with Crippen molar-refractivity contribution in [2.45, 2.75) is 49.9 Å². The first-order valence-electron chi connectivity index (χ1n) is 8.75. The highest BCUT2D eigenvalue weighted by molar-refractivity contribution is 6.70. The normalized spacial score (nSPS) is 25.0. The van der Waals surface area contributed by atoms with Gasteiger partial charge in [-0.15, -0.1) is 0 Å². The number of hydrogen-bond donors (Lipinski definition) is 0. The Morgan fingerprint density at radius 3 is 2.62 bits per heavy atom. The average Bonchev–Trinajstić information content (AvgIpc) is 3.06. The molecule has 1 aliphatic rings. The topological polar surface area (TPSA) is 45.5 Å². The molecular formula is C18H28N2O3Si. The van der Waals surface area contributed by atoms with Gasteiger partial charge in [-0.3, -0.25) is 0 Å². The van der Waals surface area contributed by atoms with Crippen molar-refractivity contribution >= 4 is 19.6 Å². The zero-order chi connectivity index (χ0) is 17.2. The largest absolute Gasteiger partial charge is 0.396 e. The Kier molecular flexibility index (Phi) is 5.10. The van der Waals surface area contributed by atoms with E-state index >= 15 is 0 Å². The zero-order valence-corrected chi connectivity index (χ0v) is 16.1. The van der Waals surface area contributed by atoms with E-state index in [0.29, 0.717) is 0 Å². The van der Waals surface area contributed by atoms with Crippen LogP contribution < -0.4 is 0 Å². The quantitative estimate of drug-likeness (QED) is 0.744. The summed E-state index contributed by atoms with van der Waals surface area (Å²) in [6, 6.07) is 9.37. The number of nitrogens with zero attached hydrogens (tertiary/aromatic N) is 2. The van der Waals surface area contributed by atoms with Gasteiger partial charge in [0.1, 0.15) is 5.22 Å². The van der Waals surface area contributed by atoms with Crippen LogP contribution in [0.3, 0.4) is 0 Å². The van der Waals surface area contributed by atoms with Crippen LogP contribution in [-0.2, 0) is 13.6 Å². The first-order chi connectivity index (χ1) is 11.7. The molecule has 1 aromatic carbocycles. The number of rotatable bonds is 6. The Hall–Kier alpha value is -1.21. The molecule has 2 heterocycles.